The second-order valence-corrected chi connectivity index (χ2v) is 32.7. The molecular weight excluding hydrogens is 1320 g/mol. The lowest BCUT2D eigenvalue weighted by Crippen LogP contribution is -2.30. The molecule has 6 atom stereocenters. The molecule has 0 aliphatic carbocycles. The number of ether oxygens (including phenoxy) is 4. The summed E-state index contributed by atoms with van der Waals surface area (Å²) < 4.78 is 68.5. The summed E-state index contributed by atoms with van der Waals surface area (Å²) in [7, 11) is -9.91. The van der Waals surface area contributed by atoms with Crippen LogP contribution in [0.25, 0.3) is 0 Å². The second kappa shape index (κ2) is 74.9. The van der Waals surface area contributed by atoms with E-state index in [1.807, 2.05) is 0 Å². The Labute approximate surface area is 619 Å². The summed E-state index contributed by atoms with van der Waals surface area (Å²) in [6.45, 7) is 7.26. The molecule has 0 rings (SSSR count). The van der Waals surface area contributed by atoms with Gasteiger partial charge in [-0.2, -0.15) is 0 Å². The number of aliphatic hydroxyl groups excluding tert-OH is 1. The Balaban J connectivity index is 5.11. The summed E-state index contributed by atoms with van der Waals surface area (Å²) in [4.78, 5) is 72.7. The van der Waals surface area contributed by atoms with Gasteiger partial charge in [-0.15, -0.1) is 0 Å². The monoisotopic (exact) mass is 1480 g/mol. The molecule has 3 unspecified atom stereocenters. The molecular formula is C82H160O17P2. The number of hydrogen-bond acceptors (Lipinski definition) is 15. The topological polar surface area (TPSA) is 237 Å². The predicted octanol–water partition coefficient (Wildman–Crippen LogP) is 24.8. The minimum atomic E-state index is -4.96. The summed E-state index contributed by atoms with van der Waals surface area (Å²) in [5.74, 6) is -1.32. The molecule has 101 heavy (non-hydrogen) atoms. The van der Waals surface area contributed by atoms with E-state index in [-0.39, 0.29) is 25.7 Å². The number of phosphoric acid groups is 2. The number of unbranched alkanes of at least 4 members (excludes halogenated alkanes) is 53. The van der Waals surface area contributed by atoms with E-state index >= 15 is 0 Å². The van der Waals surface area contributed by atoms with Gasteiger partial charge < -0.3 is 33.8 Å². The van der Waals surface area contributed by atoms with Crippen LogP contribution in [0.2, 0.25) is 0 Å². The first-order valence-electron chi connectivity index (χ1n) is 42.7. The van der Waals surface area contributed by atoms with E-state index in [2.05, 4.69) is 34.6 Å². The average molecular weight is 1480 g/mol. The van der Waals surface area contributed by atoms with Gasteiger partial charge in [0, 0.05) is 25.7 Å². The number of aliphatic hydroxyl groups is 1. The maximum atomic E-state index is 13.1. The quantitative estimate of drug-likeness (QED) is 0.0222. The Hall–Kier alpha value is -1.94. The Bertz CT molecular complexity index is 1930. The van der Waals surface area contributed by atoms with Gasteiger partial charge in [0.2, 0.25) is 0 Å². The molecule has 3 N–H and O–H groups in total. The Morgan fingerprint density at radius 2 is 0.475 bits per heavy atom. The van der Waals surface area contributed by atoms with Crippen molar-refractivity contribution in [3.63, 3.8) is 0 Å². The average Bonchev–Trinajstić information content (AvgIpc) is 0.986. The van der Waals surface area contributed by atoms with Crippen LogP contribution in [0.4, 0.5) is 0 Å². The summed E-state index contributed by atoms with van der Waals surface area (Å²) in [5.41, 5.74) is 0. The van der Waals surface area contributed by atoms with Gasteiger partial charge in [0.25, 0.3) is 0 Å². The van der Waals surface area contributed by atoms with Crippen LogP contribution in [0.3, 0.4) is 0 Å². The normalized spacial score (nSPS) is 14.1. The van der Waals surface area contributed by atoms with Crippen molar-refractivity contribution in [2.75, 3.05) is 39.6 Å². The van der Waals surface area contributed by atoms with Crippen molar-refractivity contribution in [1.29, 1.82) is 0 Å². The fraction of sp³-hybridized carbons (Fsp3) is 0.951. The third-order valence-corrected chi connectivity index (χ3v) is 21.5. The summed E-state index contributed by atoms with van der Waals surface area (Å²) in [5, 5.41) is 10.6. The molecule has 17 nitrogen and oxygen atoms in total. The highest BCUT2D eigenvalue weighted by atomic mass is 31.2. The van der Waals surface area contributed by atoms with E-state index < -0.39 is 97.5 Å². The fourth-order valence-electron chi connectivity index (χ4n) is 12.7. The van der Waals surface area contributed by atoms with E-state index in [0.717, 1.165) is 102 Å². The number of carbonyl (C=O) groups is 4. The van der Waals surface area contributed by atoms with Crippen molar-refractivity contribution in [2.24, 2.45) is 5.92 Å². The lowest BCUT2D eigenvalue weighted by Gasteiger charge is -2.21. The van der Waals surface area contributed by atoms with Gasteiger partial charge in [0.1, 0.15) is 19.3 Å². The molecule has 0 aliphatic heterocycles. The number of rotatable bonds is 82. The van der Waals surface area contributed by atoms with Crippen LogP contribution in [-0.2, 0) is 65.4 Å². The third kappa shape index (κ3) is 74.7. The van der Waals surface area contributed by atoms with Gasteiger partial charge >= 0.3 is 39.5 Å². The molecule has 0 saturated carbocycles. The molecule has 19 heteroatoms. The van der Waals surface area contributed by atoms with E-state index in [4.69, 9.17) is 37.0 Å². The highest BCUT2D eigenvalue weighted by Crippen LogP contribution is 2.45. The highest BCUT2D eigenvalue weighted by molar-refractivity contribution is 7.47. The molecule has 0 aromatic carbocycles. The van der Waals surface area contributed by atoms with E-state index in [0.29, 0.717) is 25.7 Å². The Morgan fingerprint density at radius 1 is 0.277 bits per heavy atom. The highest BCUT2D eigenvalue weighted by Gasteiger charge is 2.30. The van der Waals surface area contributed by atoms with Crippen molar-refractivity contribution in [2.45, 2.75) is 457 Å². The van der Waals surface area contributed by atoms with Crippen molar-refractivity contribution in [1.82, 2.24) is 0 Å². The van der Waals surface area contributed by atoms with Crippen LogP contribution < -0.4 is 0 Å². The smallest absolute Gasteiger partial charge is 0.462 e. The van der Waals surface area contributed by atoms with Crippen LogP contribution in [0.5, 0.6) is 0 Å². The van der Waals surface area contributed by atoms with Gasteiger partial charge in [-0.3, -0.25) is 37.3 Å². The lowest BCUT2D eigenvalue weighted by molar-refractivity contribution is -0.161. The maximum absolute atomic E-state index is 13.1. The predicted molar refractivity (Wildman–Crippen MR) is 414 cm³/mol. The van der Waals surface area contributed by atoms with Crippen molar-refractivity contribution in [3.05, 3.63) is 0 Å². The van der Waals surface area contributed by atoms with Crippen molar-refractivity contribution >= 4 is 39.5 Å². The number of phosphoric ester groups is 2. The van der Waals surface area contributed by atoms with Crippen molar-refractivity contribution in [3.8, 4) is 0 Å². The SMILES string of the molecule is CCCCCCCCCCCCCCCCCCCCCCCC(=O)OC[C@H](COP(=O)(O)OC[C@@H](O)COP(=O)(O)OC[C@@H](COC(=O)CCCCCCC)OC(=O)CCCCCCCCCCCCC(C)CC)OC(=O)CCCCCCCCCCCCCCCCCCCCCCC. The largest absolute Gasteiger partial charge is 0.472 e. The molecule has 0 radical (unpaired) electrons. The van der Waals surface area contributed by atoms with E-state index in [9.17, 15) is 43.2 Å². The minimum absolute atomic E-state index is 0.106. The maximum Gasteiger partial charge on any atom is 0.472 e. The fourth-order valence-corrected chi connectivity index (χ4v) is 14.3. The van der Waals surface area contributed by atoms with Crippen LogP contribution in [0, 0.1) is 5.92 Å². The number of esters is 4. The van der Waals surface area contributed by atoms with Gasteiger partial charge in [0.05, 0.1) is 26.4 Å². The summed E-state index contributed by atoms with van der Waals surface area (Å²) in [6, 6.07) is 0. The van der Waals surface area contributed by atoms with Crippen LogP contribution in [-0.4, -0.2) is 96.7 Å². The van der Waals surface area contributed by atoms with Crippen molar-refractivity contribution < 1.29 is 80.2 Å². The molecule has 0 aromatic rings. The first-order chi connectivity index (χ1) is 49.1. The molecule has 0 aliphatic rings. The third-order valence-electron chi connectivity index (χ3n) is 19.6. The first-order valence-corrected chi connectivity index (χ1v) is 45.7. The van der Waals surface area contributed by atoms with Gasteiger partial charge in [-0.25, -0.2) is 9.13 Å². The van der Waals surface area contributed by atoms with Gasteiger partial charge in [-0.1, -0.05) is 388 Å². The first kappa shape index (κ1) is 99.1. The van der Waals surface area contributed by atoms with Crippen LogP contribution in [0.15, 0.2) is 0 Å². The molecule has 0 amide bonds. The molecule has 0 fully saturated rings. The molecule has 0 spiro atoms. The Kier molecular flexibility index (Phi) is 73.5. The zero-order valence-electron chi connectivity index (χ0n) is 66.1. The van der Waals surface area contributed by atoms with Gasteiger partial charge in [-0.05, 0) is 31.6 Å². The van der Waals surface area contributed by atoms with E-state index in [1.165, 1.54) is 257 Å². The zero-order chi connectivity index (χ0) is 74.1. The molecule has 0 saturated heterocycles. The van der Waals surface area contributed by atoms with Crippen LogP contribution in [0.1, 0.15) is 439 Å². The number of hydrogen-bond donors (Lipinski definition) is 3. The number of carbonyl (C=O) groups excluding carboxylic acids is 4. The lowest BCUT2D eigenvalue weighted by atomic mass is 9.99. The minimum Gasteiger partial charge on any atom is -0.462 e. The summed E-state index contributed by atoms with van der Waals surface area (Å²) in [6.07, 6.45) is 67.2. The van der Waals surface area contributed by atoms with Crippen LogP contribution >= 0.6 is 15.6 Å². The standard InChI is InChI=1S/C82H160O17P2/c1-6-10-13-16-18-20-22-24-26-28-30-32-34-36-38-40-42-47-51-56-61-66-80(85)93-72-78(99-82(87)67-62-57-52-48-43-41-39-37-35-33-31-29-27-25-23-21-19-17-14-11-7-2)74-97-101(90,91)95-70-76(83)69-94-100(88,89)96-73-77(71-92-79(84)65-60-54-15-12-8-3)98-81(86)68-63-58-53-49-45-44-46-50-55-59-64-75(5)9-4/h75-78,83H,6-74H2,1-5H3,(H,88,89)(H,90,91)/t75?,76-,77+,78+/m0/s1. The molecule has 0 aromatic heterocycles. The summed E-state index contributed by atoms with van der Waals surface area (Å²) >= 11 is 0. The van der Waals surface area contributed by atoms with Gasteiger partial charge in [0.15, 0.2) is 12.2 Å². The molecule has 600 valence electrons. The second-order valence-electron chi connectivity index (χ2n) is 29.8. The molecule has 0 heterocycles. The Morgan fingerprint density at radius 3 is 0.703 bits per heavy atom. The zero-order valence-corrected chi connectivity index (χ0v) is 67.8. The van der Waals surface area contributed by atoms with E-state index in [1.54, 1.807) is 0 Å². The molecule has 0 bridgehead atoms.